The molecule has 0 bridgehead atoms. The molecule has 1 rings (SSSR count). The van der Waals surface area contributed by atoms with E-state index in [1.807, 2.05) is 0 Å². The molecule has 0 aliphatic carbocycles. The van der Waals surface area contributed by atoms with Crippen molar-refractivity contribution in [3.8, 4) is 5.75 Å². The Kier molecular flexibility index (Phi) is 2.52. The first-order chi connectivity index (χ1) is 6.50. The largest absolute Gasteiger partial charge is 0.410 e. The predicted octanol–water partition coefficient (Wildman–Crippen LogP) is 0.635. The maximum Gasteiger partial charge on any atom is 0.410 e. The van der Waals surface area contributed by atoms with Crippen molar-refractivity contribution in [3.63, 3.8) is 0 Å². The van der Waals surface area contributed by atoms with E-state index in [0.29, 0.717) is 0 Å². The molecule has 1 amide bonds. The number of nitro groups is 1. The summed E-state index contributed by atoms with van der Waals surface area (Å²) in [5, 5.41) is 10.3. The number of rotatable bonds is 2. The Morgan fingerprint density at radius 2 is 2.14 bits per heavy atom. The number of hydrogen-bond donors (Lipinski definition) is 2. The van der Waals surface area contributed by atoms with Crippen molar-refractivity contribution < 1.29 is 14.5 Å². The number of ether oxygens (including phenoxy) is 1. The highest BCUT2D eigenvalue weighted by Gasteiger charge is 2.10. The fourth-order valence-electron chi connectivity index (χ4n) is 0.851. The molecule has 7 nitrogen and oxygen atoms in total. The van der Waals surface area contributed by atoms with Gasteiger partial charge < -0.3 is 16.2 Å². The summed E-state index contributed by atoms with van der Waals surface area (Å²) in [6, 6.07) is 3.45. The molecule has 0 unspecified atom stereocenters. The molecule has 0 fully saturated rings. The molecular weight excluding hydrogens is 190 g/mol. The van der Waals surface area contributed by atoms with Crippen LogP contribution in [-0.4, -0.2) is 11.0 Å². The van der Waals surface area contributed by atoms with Crippen LogP contribution in [0.1, 0.15) is 0 Å². The lowest BCUT2D eigenvalue weighted by Crippen LogP contribution is -2.17. The minimum Gasteiger partial charge on any atom is -0.408 e. The number of nitrogens with two attached hydrogens (primary N) is 2. The molecule has 0 saturated carbocycles. The van der Waals surface area contributed by atoms with Crippen LogP contribution in [0.5, 0.6) is 5.75 Å². The van der Waals surface area contributed by atoms with E-state index in [4.69, 9.17) is 11.5 Å². The molecule has 1 aromatic carbocycles. The first kappa shape index (κ1) is 9.78. The third-order valence-corrected chi connectivity index (χ3v) is 1.41. The molecule has 0 aromatic heterocycles. The Bertz CT molecular complexity index is 391. The van der Waals surface area contributed by atoms with Gasteiger partial charge in [-0.15, -0.1) is 0 Å². The molecule has 0 aliphatic rings. The summed E-state index contributed by atoms with van der Waals surface area (Å²) in [4.78, 5) is 20.0. The topological polar surface area (TPSA) is 121 Å². The summed E-state index contributed by atoms with van der Waals surface area (Å²) in [5.74, 6) is 0.00287. The molecule has 74 valence electrons. The second-order valence-corrected chi connectivity index (χ2v) is 2.40. The van der Waals surface area contributed by atoms with Crippen LogP contribution < -0.4 is 16.2 Å². The van der Waals surface area contributed by atoms with Crippen molar-refractivity contribution in [2.24, 2.45) is 5.73 Å². The van der Waals surface area contributed by atoms with Crippen LogP contribution in [0.4, 0.5) is 16.2 Å². The van der Waals surface area contributed by atoms with Gasteiger partial charge in [0, 0.05) is 12.1 Å². The fourth-order valence-corrected chi connectivity index (χ4v) is 0.851. The van der Waals surface area contributed by atoms with Crippen molar-refractivity contribution in [3.05, 3.63) is 28.3 Å². The van der Waals surface area contributed by atoms with E-state index in [9.17, 15) is 14.9 Å². The maximum atomic E-state index is 10.4. The zero-order valence-corrected chi connectivity index (χ0v) is 6.97. The van der Waals surface area contributed by atoms with E-state index in [0.717, 1.165) is 12.1 Å². The number of benzene rings is 1. The molecule has 7 heteroatoms. The van der Waals surface area contributed by atoms with Crippen molar-refractivity contribution >= 4 is 17.5 Å². The number of hydrogen-bond acceptors (Lipinski definition) is 5. The number of non-ortho nitro benzene ring substituents is 1. The maximum absolute atomic E-state index is 10.4. The first-order valence-electron chi connectivity index (χ1n) is 3.52. The monoisotopic (exact) mass is 197 g/mol. The molecule has 0 spiro atoms. The minimum absolute atomic E-state index is 0.00287. The second kappa shape index (κ2) is 3.60. The van der Waals surface area contributed by atoms with E-state index in [1.54, 1.807) is 0 Å². The smallest absolute Gasteiger partial charge is 0.408 e. The number of amides is 1. The van der Waals surface area contributed by atoms with Crippen LogP contribution >= 0.6 is 0 Å². The van der Waals surface area contributed by atoms with Gasteiger partial charge in [0.25, 0.3) is 5.69 Å². The van der Waals surface area contributed by atoms with E-state index in [-0.39, 0.29) is 17.1 Å². The molecule has 4 N–H and O–H groups in total. The molecule has 14 heavy (non-hydrogen) atoms. The highest BCUT2D eigenvalue weighted by Crippen LogP contribution is 2.25. The highest BCUT2D eigenvalue weighted by molar-refractivity contribution is 5.71. The van der Waals surface area contributed by atoms with Crippen LogP contribution in [-0.2, 0) is 0 Å². The van der Waals surface area contributed by atoms with Gasteiger partial charge in [-0.3, -0.25) is 10.1 Å². The zero-order valence-electron chi connectivity index (χ0n) is 6.97. The normalized spacial score (nSPS) is 9.43. The second-order valence-electron chi connectivity index (χ2n) is 2.40. The average Bonchev–Trinajstić information content (AvgIpc) is 2.07. The van der Waals surface area contributed by atoms with Gasteiger partial charge in [0.15, 0.2) is 5.75 Å². The third kappa shape index (κ3) is 2.09. The van der Waals surface area contributed by atoms with Gasteiger partial charge >= 0.3 is 6.09 Å². The number of carbonyl (C=O) groups is 1. The Morgan fingerprint density at radius 3 is 2.57 bits per heavy atom. The van der Waals surface area contributed by atoms with Crippen LogP contribution in [0.25, 0.3) is 0 Å². The van der Waals surface area contributed by atoms with Crippen molar-refractivity contribution in [2.45, 2.75) is 0 Å². The SMILES string of the molecule is NC(=O)Oc1ccc([N+](=O)[O-])cc1N. The lowest BCUT2D eigenvalue weighted by Gasteiger charge is -2.03. The standard InChI is InChI=1S/C7H7N3O4/c8-5-3-4(10(12)13)1-2-6(5)14-7(9)11/h1-3H,8H2,(H2,9,11). The molecule has 0 radical (unpaired) electrons. The zero-order chi connectivity index (χ0) is 10.7. The Morgan fingerprint density at radius 1 is 1.50 bits per heavy atom. The van der Waals surface area contributed by atoms with Gasteiger partial charge in [-0.05, 0) is 6.07 Å². The summed E-state index contributed by atoms with van der Waals surface area (Å²) in [5.41, 5.74) is 9.91. The quantitative estimate of drug-likeness (QED) is 0.409. The van der Waals surface area contributed by atoms with Gasteiger partial charge in [0.2, 0.25) is 0 Å². The summed E-state index contributed by atoms with van der Waals surface area (Å²) in [7, 11) is 0. The number of anilines is 1. The Balaban J connectivity index is 3.01. The van der Waals surface area contributed by atoms with Gasteiger partial charge in [-0.25, -0.2) is 4.79 Å². The van der Waals surface area contributed by atoms with E-state index < -0.39 is 11.0 Å². The highest BCUT2D eigenvalue weighted by atomic mass is 16.6. The molecular formula is C7H7N3O4. The molecule has 0 heterocycles. The number of primary amides is 1. The molecule has 0 atom stereocenters. The lowest BCUT2D eigenvalue weighted by molar-refractivity contribution is -0.384. The van der Waals surface area contributed by atoms with Gasteiger partial charge in [-0.1, -0.05) is 0 Å². The van der Waals surface area contributed by atoms with Crippen molar-refractivity contribution in [1.82, 2.24) is 0 Å². The minimum atomic E-state index is -1.02. The predicted molar refractivity (Wildman–Crippen MR) is 47.7 cm³/mol. The Hall–Kier alpha value is -2.31. The van der Waals surface area contributed by atoms with Gasteiger partial charge in [0.05, 0.1) is 10.6 Å². The van der Waals surface area contributed by atoms with Crippen LogP contribution in [0.2, 0.25) is 0 Å². The molecule has 1 aromatic rings. The van der Waals surface area contributed by atoms with Gasteiger partial charge in [-0.2, -0.15) is 0 Å². The van der Waals surface area contributed by atoms with E-state index in [2.05, 4.69) is 4.74 Å². The van der Waals surface area contributed by atoms with Crippen molar-refractivity contribution in [2.75, 3.05) is 5.73 Å². The first-order valence-corrected chi connectivity index (χ1v) is 3.52. The average molecular weight is 197 g/mol. The number of nitrogen functional groups attached to an aromatic ring is 1. The van der Waals surface area contributed by atoms with Crippen molar-refractivity contribution in [1.29, 1.82) is 0 Å². The fraction of sp³-hybridized carbons (Fsp3) is 0. The summed E-state index contributed by atoms with van der Waals surface area (Å²) >= 11 is 0. The van der Waals surface area contributed by atoms with Crippen LogP contribution in [0.15, 0.2) is 18.2 Å². The summed E-state index contributed by atoms with van der Waals surface area (Å²) in [6.45, 7) is 0. The van der Waals surface area contributed by atoms with Gasteiger partial charge in [0.1, 0.15) is 0 Å². The molecule has 0 aliphatic heterocycles. The summed E-state index contributed by atoms with van der Waals surface area (Å²) < 4.78 is 4.47. The Labute approximate surface area is 78.4 Å². The molecule has 0 saturated heterocycles. The van der Waals surface area contributed by atoms with Crippen LogP contribution in [0, 0.1) is 10.1 Å². The third-order valence-electron chi connectivity index (χ3n) is 1.41. The number of nitrogens with zero attached hydrogens (tertiary/aromatic N) is 1. The summed E-state index contributed by atoms with van der Waals surface area (Å²) in [6.07, 6.45) is -1.02. The van der Waals surface area contributed by atoms with E-state index >= 15 is 0 Å². The van der Waals surface area contributed by atoms with E-state index in [1.165, 1.54) is 6.07 Å². The lowest BCUT2D eigenvalue weighted by atomic mass is 10.2. The van der Waals surface area contributed by atoms with Crippen LogP contribution in [0.3, 0.4) is 0 Å². The number of nitro benzene ring substituents is 1. The number of carbonyl (C=O) groups excluding carboxylic acids is 1.